The number of oxazole rings is 1. The smallest absolute Gasteiger partial charge is 0.226 e. The Hall–Kier alpha value is -3.09. The first kappa shape index (κ1) is 20.2. The van der Waals surface area contributed by atoms with Crippen molar-refractivity contribution in [3.05, 3.63) is 88.5 Å². The van der Waals surface area contributed by atoms with Crippen LogP contribution >= 0.6 is 23.2 Å². The van der Waals surface area contributed by atoms with Crippen molar-refractivity contribution in [2.45, 2.75) is 19.4 Å². The molecule has 0 radical (unpaired) electrons. The molecule has 0 saturated carbocycles. The summed E-state index contributed by atoms with van der Waals surface area (Å²) in [5.41, 5.74) is 1.80. The van der Waals surface area contributed by atoms with Crippen molar-refractivity contribution in [3.8, 4) is 11.3 Å². The molecule has 6 nitrogen and oxygen atoms in total. The van der Waals surface area contributed by atoms with E-state index in [1.807, 2.05) is 36.4 Å². The van der Waals surface area contributed by atoms with Gasteiger partial charge in [-0.2, -0.15) is 5.10 Å². The molecule has 0 aliphatic heterocycles. The first-order valence-corrected chi connectivity index (χ1v) is 10.1. The van der Waals surface area contributed by atoms with Gasteiger partial charge in [0.1, 0.15) is 5.82 Å². The van der Waals surface area contributed by atoms with Crippen LogP contribution in [0, 0.1) is 0 Å². The van der Waals surface area contributed by atoms with Gasteiger partial charge in [0, 0.05) is 34.5 Å². The molecule has 0 spiro atoms. The summed E-state index contributed by atoms with van der Waals surface area (Å²) in [7, 11) is 0. The number of nitrogens with zero attached hydrogens (tertiary/aromatic N) is 3. The number of nitrogens with one attached hydrogen (secondary N) is 1. The van der Waals surface area contributed by atoms with Crippen molar-refractivity contribution in [1.29, 1.82) is 0 Å². The largest absolute Gasteiger partial charge is 0.441 e. The zero-order chi connectivity index (χ0) is 20.9. The van der Waals surface area contributed by atoms with Gasteiger partial charge in [-0.05, 0) is 35.9 Å². The Kier molecular flexibility index (Phi) is 6.16. The fraction of sp³-hybridized carbons (Fsp3) is 0.136. The number of halogens is 2. The molecule has 152 valence electrons. The van der Waals surface area contributed by atoms with Crippen LogP contribution in [0.4, 0.5) is 5.82 Å². The van der Waals surface area contributed by atoms with Gasteiger partial charge >= 0.3 is 0 Å². The molecule has 8 heteroatoms. The lowest BCUT2D eigenvalue weighted by Gasteiger charge is -2.10. The second-order valence-electron chi connectivity index (χ2n) is 6.64. The van der Waals surface area contributed by atoms with E-state index in [4.69, 9.17) is 27.6 Å². The van der Waals surface area contributed by atoms with Crippen LogP contribution in [0.25, 0.3) is 11.3 Å². The Morgan fingerprint density at radius 2 is 1.87 bits per heavy atom. The fourth-order valence-corrected chi connectivity index (χ4v) is 3.27. The summed E-state index contributed by atoms with van der Waals surface area (Å²) < 4.78 is 7.44. The number of hydrogen-bond donors (Lipinski definition) is 1. The van der Waals surface area contributed by atoms with Crippen LogP contribution in [0.1, 0.15) is 17.9 Å². The summed E-state index contributed by atoms with van der Waals surface area (Å²) >= 11 is 12.1. The third kappa shape index (κ3) is 4.90. The lowest BCUT2D eigenvalue weighted by atomic mass is 10.2. The molecule has 1 amide bonds. The number of benzene rings is 2. The van der Waals surface area contributed by atoms with E-state index in [1.54, 1.807) is 35.3 Å². The van der Waals surface area contributed by atoms with Gasteiger partial charge in [0.15, 0.2) is 11.7 Å². The Morgan fingerprint density at radius 3 is 2.67 bits per heavy atom. The summed E-state index contributed by atoms with van der Waals surface area (Å²) in [6.07, 6.45) is 3.91. The maximum atomic E-state index is 12.4. The highest BCUT2D eigenvalue weighted by molar-refractivity contribution is 6.31. The van der Waals surface area contributed by atoms with E-state index in [-0.39, 0.29) is 12.3 Å². The lowest BCUT2D eigenvalue weighted by molar-refractivity contribution is -0.116. The first-order valence-electron chi connectivity index (χ1n) is 9.34. The minimum Gasteiger partial charge on any atom is -0.441 e. The second kappa shape index (κ2) is 9.15. The number of anilines is 1. The Morgan fingerprint density at radius 1 is 1.07 bits per heavy atom. The molecule has 0 aliphatic carbocycles. The van der Waals surface area contributed by atoms with E-state index >= 15 is 0 Å². The summed E-state index contributed by atoms with van der Waals surface area (Å²) in [5.74, 6) is 1.59. The summed E-state index contributed by atoms with van der Waals surface area (Å²) in [4.78, 5) is 16.7. The van der Waals surface area contributed by atoms with Gasteiger partial charge in [0.2, 0.25) is 5.91 Å². The zero-order valence-corrected chi connectivity index (χ0v) is 17.4. The lowest BCUT2D eigenvalue weighted by Crippen LogP contribution is -2.16. The molecule has 0 atom stereocenters. The molecule has 1 N–H and O–H groups in total. The molecular formula is C22H18Cl2N4O2. The standard InChI is InChI=1S/C22H18Cl2N4O2/c23-17-7-5-15(6-8-17)19-13-25-22(30-19)10-9-21(29)27-20-11-12-26-28(20)14-16-3-1-2-4-18(16)24/h1-8,11-13H,9-10,14H2,(H,27,29). The molecule has 0 unspecified atom stereocenters. The van der Waals surface area contributed by atoms with Gasteiger partial charge < -0.3 is 9.73 Å². The highest BCUT2D eigenvalue weighted by Crippen LogP contribution is 2.23. The third-order valence-electron chi connectivity index (χ3n) is 4.51. The molecule has 2 aromatic heterocycles. The molecule has 2 aromatic carbocycles. The van der Waals surface area contributed by atoms with Crippen molar-refractivity contribution in [2.75, 3.05) is 5.32 Å². The number of carbonyl (C=O) groups excluding carboxylic acids is 1. The first-order chi connectivity index (χ1) is 14.6. The molecule has 0 fully saturated rings. The third-order valence-corrected chi connectivity index (χ3v) is 5.13. The highest BCUT2D eigenvalue weighted by Gasteiger charge is 2.12. The topological polar surface area (TPSA) is 73.0 Å². The van der Waals surface area contributed by atoms with E-state index in [2.05, 4.69) is 15.4 Å². The van der Waals surface area contributed by atoms with Crippen molar-refractivity contribution in [2.24, 2.45) is 0 Å². The van der Waals surface area contributed by atoms with Gasteiger partial charge in [-0.1, -0.05) is 41.4 Å². The van der Waals surface area contributed by atoms with E-state index in [9.17, 15) is 4.79 Å². The molecular weight excluding hydrogens is 423 g/mol. The van der Waals surface area contributed by atoms with Crippen molar-refractivity contribution in [3.63, 3.8) is 0 Å². The molecule has 0 saturated heterocycles. The normalized spacial score (nSPS) is 10.9. The van der Waals surface area contributed by atoms with Crippen molar-refractivity contribution >= 4 is 34.9 Å². The molecule has 0 bridgehead atoms. The average molecular weight is 441 g/mol. The predicted octanol–water partition coefficient (Wildman–Crippen LogP) is 5.46. The quantitative estimate of drug-likeness (QED) is 0.413. The summed E-state index contributed by atoms with van der Waals surface area (Å²) in [5, 5.41) is 8.46. The van der Waals surface area contributed by atoms with Gasteiger partial charge in [-0.25, -0.2) is 9.67 Å². The minimum atomic E-state index is -0.151. The molecule has 4 rings (SSSR count). The van der Waals surface area contributed by atoms with Crippen LogP contribution in [-0.4, -0.2) is 20.7 Å². The monoisotopic (exact) mass is 440 g/mol. The maximum absolute atomic E-state index is 12.4. The number of aryl methyl sites for hydroxylation is 1. The number of rotatable bonds is 7. The van der Waals surface area contributed by atoms with Crippen LogP contribution in [0.3, 0.4) is 0 Å². The fourth-order valence-electron chi connectivity index (χ4n) is 2.95. The molecule has 30 heavy (non-hydrogen) atoms. The van der Waals surface area contributed by atoms with Crippen LogP contribution < -0.4 is 5.32 Å². The Bertz CT molecular complexity index is 1150. The predicted molar refractivity (Wildman–Crippen MR) is 117 cm³/mol. The van der Waals surface area contributed by atoms with E-state index in [1.165, 1.54) is 0 Å². The molecule has 4 aromatic rings. The number of hydrogen-bond acceptors (Lipinski definition) is 4. The van der Waals surface area contributed by atoms with Crippen LogP contribution in [-0.2, 0) is 17.8 Å². The number of aromatic nitrogens is 3. The summed E-state index contributed by atoms with van der Waals surface area (Å²) in [6.45, 7) is 0.465. The Balaban J connectivity index is 1.34. The number of amides is 1. The van der Waals surface area contributed by atoms with E-state index < -0.39 is 0 Å². The minimum absolute atomic E-state index is 0.151. The summed E-state index contributed by atoms with van der Waals surface area (Å²) in [6, 6.07) is 16.6. The van der Waals surface area contributed by atoms with Crippen molar-refractivity contribution in [1.82, 2.24) is 14.8 Å². The van der Waals surface area contributed by atoms with Crippen LogP contribution in [0.5, 0.6) is 0 Å². The second-order valence-corrected chi connectivity index (χ2v) is 7.48. The van der Waals surface area contributed by atoms with Gasteiger partial charge in [0.05, 0.1) is 18.9 Å². The van der Waals surface area contributed by atoms with Gasteiger partial charge in [-0.15, -0.1) is 0 Å². The molecule has 0 aliphatic rings. The SMILES string of the molecule is O=C(CCc1ncc(-c2ccc(Cl)cc2)o1)Nc1ccnn1Cc1ccccc1Cl. The van der Waals surface area contributed by atoms with Gasteiger partial charge in [0.25, 0.3) is 0 Å². The van der Waals surface area contributed by atoms with E-state index in [0.29, 0.717) is 40.5 Å². The van der Waals surface area contributed by atoms with Crippen molar-refractivity contribution < 1.29 is 9.21 Å². The maximum Gasteiger partial charge on any atom is 0.226 e. The van der Waals surface area contributed by atoms with E-state index in [0.717, 1.165) is 11.1 Å². The highest BCUT2D eigenvalue weighted by atomic mass is 35.5. The Labute approximate surface area is 183 Å². The van der Waals surface area contributed by atoms with Crippen LogP contribution in [0.15, 0.2) is 71.4 Å². The average Bonchev–Trinajstić information content (AvgIpc) is 3.39. The zero-order valence-electron chi connectivity index (χ0n) is 15.9. The van der Waals surface area contributed by atoms with Crippen LogP contribution in [0.2, 0.25) is 10.0 Å². The molecule has 2 heterocycles. The number of carbonyl (C=O) groups is 1. The van der Waals surface area contributed by atoms with Gasteiger partial charge in [-0.3, -0.25) is 4.79 Å².